The summed E-state index contributed by atoms with van der Waals surface area (Å²) in [6.45, 7) is 10.1. The molecule has 0 radical (unpaired) electrons. The molecular weight excluding hydrogens is 412 g/mol. The lowest BCUT2D eigenvalue weighted by Crippen LogP contribution is -2.68. The Morgan fingerprint density at radius 3 is 2.70 bits per heavy atom. The van der Waals surface area contributed by atoms with Gasteiger partial charge in [0.2, 0.25) is 5.91 Å². The van der Waals surface area contributed by atoms with Gasteiger partial charge in [0.15, 0.2) is 11.5 Å². The highest BCUT2D eigenvalue weighted by Gasteiger charge is 2.57. The molecule has 1 atom stereocenters. The molecule has 1 fully saturated rings. The molecule has 0 saturated carbocycles. The SMILES string of the molecule is CCCCCOc1ccc(/C=C/C23NC(=O)CCN2c2ccc(C)cc2C3(C)C)cc1OC. The van der Waals surface area contributed by atoms with Crippen LogP contribution in [0.25, 0.3) is 6.08 Å². The van der Waals surface area contributed by atoms with Gasteiger partial charge in [-0.1, -0.05) is 63.5 Å². The van der Waals surface area contributed by atoms with Crippen LogP contribution in [0.5, 0.6) is 11.5 Å². The number of benzene rings is 2. The Morgan fingerprint density at radius 1 is 1.12 bits per heavy atom. The summed E-state index contributed by atoms with van der Waals surface area (Å²) in [5, 5.41) is 3.34. The lowest BCUT2D eigenvalue weighted by molar-refractivity contribution is -0.124. The molecule has 0 spiro atoms. The highest BCUT2D eigenvalue weighted by Crippen LogP contribution is 2.52. The molecule has 1 unspecified atom stereocenters. The molecule has 2 heterocycles. The van der Waals surface area contributed by atoms with Crippen LogP contribution < -0.4 is 19.7 Å². The molecule has 1 N–H and O–H groups in total. The quantitative estimate of drug-likeness (QED) is 0.534. The van der Waals surface area contributed by atoms with Crippen molar-refractivity contribution in [2.45, 2.75) is 64.5 Å². The van der Waals surface area contributed by atoms with Crippen molar-refractivity contribution < 1.29 is 14.3 Å². The van der Waals surface area contributed by atoms with Gasteiger partial charge in [-0.15, -0.1) is 0 Å². The summed E-state index contributed by atoms with van der Waals surface area (Å²) < 4.78 is 11.5. The van der Waals surface area contributed by atoms with Gasteiger partial charge in [-0.05, 0) is 48.7 Å². The van der Waals surface area contributed by atoms with E-state index in [1.54, 1.807) is 7.11 Å². The molecule has 0 bridgehead atoms. The highest BCUT2D eigenvalue weighted by molar-refractivity contribution is 5.84. The lowest BCUT2D eigenvalue weighted by Gasteiger charge is -2.49. The van der Waals surface area contributed by atoms with Gasteiger partial charge < -0.3 is 19.7 Å². The fraction of sp³-hybridized carbons (Fsp3) is 0.464. The van der Waals surface area contributed by atoms with Gasteiger partial charge in [0.25, 0.3) is 0 Å². The maximum absolute atomic E-state index is 12.6. The van der Waals surface area contributed by atoms with Crippen LogP contribution in [0.15, 0.2) is 42.5 Å². The minimum atomic E-state index is -0.624. The van der Waals surface area contributed by atoms with Crippen LogP contribution in [0.4, 0.5) is 5.69 Å². The van der Waals surface area contributed by atoms with E-state index in [1.807, 2.05) is 18.2 Å². The van der Waals surface area contributed by atoms with E-state index in [4.69, 9.17) is 9.47 Å². The number of fused-ring (bicyclic) bond motifs is 3. The zero-order valence-corrected chi connectivity index (χ0v) is 20.5. The lowest BCUT2D eigenvalue weighted by atomic mass is 9.74. The van der Waals surface area contributed by atoms with E-state index in [0.29, 0.717) is 19.6 Å². The zero-order chi connectivity index (χ0) is 23.6. The first-order chi connectivity index (χ1) is 15.8. The van der Waals surface area contributed by atoms with E-state index in [1.165, 1.54) is 23.2 Å². The van der Waals surface area contributed by atoms with Crippen molar-refractivity contribution >= 4 is 17.7 Å². The number of methoxy groups -OCH3 is 1. The molecule has 0 aromatic heterocycles. The molecule has 2 aromatic rings. The first-order valence-corrected chi connectivity index (χ1v) is 12.0. The number of unbranched alkanes of at least 4 members (excludes halogenated alkanes) is 2. The Balaban J connectivity index is 1.66. The standard InChI is InChI=1S/C28H36N2O3/c1-6-7-8-17-33-24-12-10-21(19-25(24)32-5)13-15-28-27(3,4)22-18-20(2)9-11-23(22)30(28)16-14-26(31)29-28/h9-13,15,18-19H,6-8,14,16-17H2,1-5H3,(H,29,31)/b15-13+. The fourth-order valence-corrected chi connectivity index (χ4v) is 5.13. The van der Waals surface area contributed by atoms with Crippen LogP contribution in [0.3, 0.4) is 0 Å². The molecule has 4 rings (SSSR count). The predicted octanol–water partition coefficient (Wildman–Crippen LogP) is 5.60. The van der Waals surface area contributed by atoms with E-state index in [2.05, 4.69) is 68.3 Å². The van der Waals surface area contributed by atoms with E-state index >= 15 is 0 Å². The van der Waals surface area contributed by atoms with E-state index < -0.39 is 5.66 Å². The number of hydrogen-bond acceptors (Lipinski definition) is 4. The predicted molar refractivity (Wildman–Crippen MR) is 134 cm³/mol. The van der Waals surface area contributed by atoms with Crippen molar-refractivity contribution in [1.82, 2.24) is 5.32 Å². The summed E-state index contributed by atoms with van der Waals surface area (Å²) in [5.74, 6) is 1.57. The summed E-state index contributed by atoms with van der Waals surface area (Å²) in [7, 11) is 1.67. The third-order valence-electron chi connectivity index (χ3n) is 7.10. The Labute approximate surface area is 197 Å². The number of rotatable bonds is 8. The minimum Gasteiger partial charge on any atom is -0.493 e. The summed E-state index contributed by atoms with van der Waals surface area (Å²) in [6.07, 6.45) is 8.09. The van der Waals surface area contributed by atoms with Crippen molar-refractivity contribution in [3.05, 3.63) is 59.2 Å². The third-order valence-corrected chi connectivity index (χ3v) is 7.10. The second-order valence-corrected chi connectivity index (χ2v) is 9.66. The molecule has 5 heteroatoms. The molecule has 2 aliphatic heterocycles. The maximum Gasteiger partial charge on any atom is 0.223 e. The van der Waals surface area contributed by atoms with Crippen LogP contribution in [-0.2, 0) is 10.2 Å². The van der Waals surface area contributed by atoms with Gasteiger partial charge in [-0.25, -0.2) is 0 Å². The molecule has 2 aromatic carbocycles. The summed E-state index contributed by atoms with van der Waals surface area (Å²) in [4.78, 5) is 15.0. The molecule has 176 valence electrons. The first kappa shape index (κ1) is 23.2. The Hall–Kier alpha value is -2.95. The van der Waals surface area contributed by atoms with E-state index in [9.17, 15) is 4.79 Å². The van der Waals surface area contributed by atoms with Crippen LogP contribution in [-0.4, -0.2) is 31.8 Å². The molecular formula is C28H36N2O3. The number of nitrogens with one attached hydrogen (secondary N) is 1. The number of anilines is 1. The average Bonchev–Trinajstić information content (AvgIpc) is 2.98. The van der Waals surface area contributed by atoms with E-state index in [0.717, 1.165) is 29.9 Å². The summed E-state index contributed by atoms with van der Waals surface area (Å²) >= 11 is 0. The first-order valence-electron chi connectivity index (χ1n) is 12.0. The van der Waals surface area contributed by atoms with Gasteiger partial charge >= 0.3 is 0 Å². The minimum absolute atomic E-state index is 0.0851. The topological polar surface area (TPSA) is 50.8 Å². The van der Waals surface area contributed by atoms with Gasteiger partial charge in [0, 0.05) is 24.1 Å². The summed E-state index contributed by atoms with van der Waals surface area (Å²) in [5.41, 5.74) is 3.77. The van der Waals surface area contributed by atoms with Crippen LogP contribution in [0, 0.1) is 6.92 Å². The smallest absolute Gasteiger partial charge is 0.223 e. The number of carbonyl (C=O) groups excluding carboxylic acids is 1. The number of amides is 1. The zero-order valence-electron chi connectivity index (χ0n) is 20.5. The van der Waals surface area contributed by atoms with Crippen LogP contribution in [0.1, 0.15) is 63.1 Å². The normalized spacial score (nSPS) is 21.0. The number of nitrogens with zero attached hydrogens (tertiary/aromatic N) is 1. The number of ether oxygens (including phenoxy) is 2. The van der Waals surface area contributed by atoms with Gasteiger partial charge in [-0.2, -0.15) is 0 Å². The van der Waals surface area contributed by atoms with Crippen molar-refractivity contribution in [2.24, 2.45) is 0 Å². The van der Waals surface area contributed by atoms with Crippen LogP contribution >= 0.6 is 0 Å². The number of hydrogen-bond donors (Lipinski definition) is 1. The van der Waals surface area contributed by atoms with Crippen LogP contribution in [0.2, 0.25) is 0 Å². The van der Waals surface area contributed by atoms with E-state index in [-0.39, 0.29) is 11.3 Å². The second-order valence-electron chi connectivity index (χ2n) is 9.66. The Morgan fingerprint density at radius 2 is 1.94 bits per heavy atom. The molecule has 5 nitrogen and oxygen atoms in total. The van der Waals surface area contributed by atoms with Crippen molar-refractivity contribution in [2.75, 3.05) is 25.2 Å². The second kappa shape index (κ2) is 9.12. The largest absolute Gasteiger partial charge is 0.493 e. The average molecular weight is 449 g/mol. The van der Waals surface area contributed by atoms with Crippen molar-refractivity contribution in [3.8, 4) is 11.5 Å². The van der Waals surface area contributed by atoms with Gasteiger partial charge in [0.05, 0.1) is 13.7 Å². The van der Waals surface area contributed by atoms with Crippen molar-refractivity contribution in [1.29, 1.82) is 0 Å². The Bertz CT molecular complexity index is 1060. The third kappa shape index (κ3) is 4.09. The maximum atomic E-state index is 12.6. The molecule has 0 aliphatic carbocycles. The monoisotopic (exact) mass is 448 g/mol. The Kier molecular flexibility index (Phi) is 6.42. The van der Waals surface area contributed by atoms with Gasteiger partial charge in [-0.3, -0.25) is 4.79 Å². The fourth-order valence-electron chi connectivity index (χ4n) is 5.13. The number of carbonyl (C=O) groups is 1. The molecule has 1 amide bonds. The number of aryl methyl sites for hydroxylation is 1. The van der Waals surface area contributed by atoms with Gasteiger partial charge in [0.1, 0.15) is 5.66 Å². The highest BCUT2D eigenvalue weighted by atomic mass is 16.5. The van der Waals surface area contributed by atoms with Crippen molar-refractivity contribution in [3.63, 3.8) is 0 Å². The summed E-state index contributed by atoms with van der Waals surface area (Å²) in [6, 6.07) is 12.6. The molecule has 1 saturated heterocycles. The molecule has 33 heavy (non-hydrogen) atoms. The molecule has 2 aliphatic rings.